The highest BCUT2D eigenvalue weighted by atomic mass is 19.4. The van der Waals surface area contributed by atoms with Crippen LogP contribution in [-0.2, 0) is 6.42 Å². The Morgan fingerprint density at radius 1 is 1.04 bits per heavy atom. The summed E-state index contributed by atoms with van der Waals surface area (Å²) < 4.78 is 41.2. The van der Waals surface area contributed by atoms with Crippen LogP contribution in [0.5, 0.6) is 5.75 Å². The summed E-state index contributed by atoms with van der Waals surface area (Å²) in [6.07, 6.45) is 9.96. The molecule has 4 heteroatoms. The van der Waals surface area contributed by atoms with Gasteiger partial charge in [-0.25, -0.2) is 0 Å². The highest BCUT2D eigenvalue weighted by Gasteiger charge is 2.31. The van der Waals surface area contributed by atoms with E-state index in [0.717, 1.165) is 29.9 Å². The Balaban J connectivity index is 1.58. The maximum Gasteiger partial charge on any atom is 0.573 e. The average Bonchev–Trinajstić information content (AvgIpc) is 2.61. The van der Waals surface area contributed by atoms with Crippen LogP contribution in [0.3, 0.4) is 0 Å². The molecule has 144 valence electrons. The summed E-state index contributed by atoms with van der Waals surface area (Å²) in [5.74, 6) is 1.45. The minimum Gasteiger partial charge on any atom is -0.406 e. The van der Waals surface area contributed by atoms with Crippen LogP contribution in [0, 0.1) is 11.8 Å². The lowest BCUT2D eigenvalue weighted by Gasteiger charge is -2.32. The van der Waals surface area contributed by atoms with E-state index in [1.165, 1.54) is 63.0 Å². The zero-order valence-corrected chi connectivity index (χ0v) is 15.6. The summed E-state index contributed by atoms with van der Waals surface area (Å²) in [5, 5.41) is 0. The summed E-state index contributed by atoms with van der Waals surface area (Å²) in [6, 6.07) is 4.74. The first-order valence-electron chi connectivity index (χ1n) is 10.0. The van der Waals surface area contributed by atoms with E-state index >= 15 is 0 Å². The standard InChI is InChI=1S/C22H29F3O/c1-2-3-4-5-16-6-8-17(9-7-16)18-10-11-20-15-21(26-22(23,24)25)13-12-19(20)14-18/h12-17H,2-11H2,1H3. The van der Waals surface area contributed by atoms with Crippen molar-refractivity contribution in [3.8, 4) is 5.75 Å². The molecule has 0 N–H and O–H groups in total. The fourth-order valence-electron chi connectivity index (χ4n) is 4.51. The monoisotopic (exact) mass is 366 g/mol. The minimum atomic E-state index is -4.63. The molecule has 0 atom stereocenters. The molecule has 0 aliphatic heterocycles. The molecule has 0 saturated heterocycles. The smallest absolute Gasteiger partial charge is 0.406 e. The summed E-state index contributed by atoms with van der Waals surface area (Å²) in [5.41, 5.74) is 3.52. The summed E-state index contributed by atoms with van der Waals surface area (Å²) in [4.78, 5) is 0. The Labute approximate surface area is 154 Å². The lowest BCUT2D eigenvalue weighted by Crippen LogP contribution is -2.18. The lowest BCUT2D eigenvalue weighted by molar-refractivity contribution is -0.274. The Bertz CT molecular complexity index is 625. The van der Waals surface area contributed by atoms with Crippen molar-refractivity contribution in [2.45, 2.75) is 77.5 Å². The Morgan fingerprint density at radius 3 is 2.50 bits per heavy atom. The van der Waals surface area contributed by atoms with Gasteiger partial charge in [-0.05, 0) is 73.6 Å². The SMILES string of the molecule is CCCCCC1CCC(C2=Cc3ccc(OC(F)(F)F)cc3CC2)CC1. The van der Waals surface area contributed by atoms with Gasteiger partial charge in [-0.2, -0.15) is 0 Å². The number of unbranched alkanes of at least 4 members (excludes halogenated alkanes) is 2. The van der Waals surface area contributed by atoms with Crippen LogP contribution in [0.15, 0.2) is 23.8 Å². The summed E-state index contributed by atoms with van der Waals surface area (Å²) in [7, 11) is 0. The molecule has 0 spiro atoms. The minimum absolute atomic E-state index is 0.110. The van der Waals surface area contributed by atoms with Crippen molar-refractivity contribution in [3.05, 3.63) is 34.9 Å². The molecule has 2 aliphatic carbocycles. The molecule has 0 amide bonds. The van der Waals surface area contributed by atoms with Crippen molar-refractivity contribution < 1.29 is 17.9 Å². The van der Waals surface area contributed by atoms with Crippen LogP contribution < -0.4 is 4.74 Å². The van der Waals surface area contributed by atoms with E-state index in [-0.39, 0.29) is 5.75 Å². The highest BCUT2D eigenvalue weighted by Crippen LogP contribution is 2.40. The maximum atomic E-state index is 12.4. The molecule has 26 heavy (non-hydrogen) atoms. The van der Waals surface area contributed by atoms with Gasteiger partial charge in [0.05, 0.1) is 0 Å². The van der Waals surface area contributed by atoms with E-state index in [1.807, 2.05) is 0 Å². The largest absolute Gasteiger partial charge is 0.573 e. The molecule has 0 unspecified atom stereocenters. The van der Waals surface area contributed by atoms with Crippen molar-refractivity contribution in [2.75, 3.05) is 0 Å². The van der Waals surface area contributed by atoms with Gasteiger partial charge in [0, 0.05) is 0 Å². The molecule has 2 aliphatic rings. The first-order valence-corrected chi connectivity index (χ1v) is 10.0. The number of rotatable bonds is 6. The van der Waals surface area contributed by atoms with Crippen LogP contribution in [0.4, 0.5) is 13.2 Å². The van der Waals surface area contributed by atoms with Gasteiger partial charge in [-0.15, -0.1) is 13.2 Å². The van der Waals surface area contributed by atoms with E-state index in [4.69, 9.17) is 0 Å². The van der Waals surface area contributed by atoms with E-state index in [0.29, 0.717) is 5.92 Å². The van der Waals surface area contributed by atoms with Gasteiger partial charge in [0.2, 0.25) is 0 Å². The molecule has 1 nitrogen and oxygen atoms in total. The van der Waals surface area contributed by atoms with E-state index in [1.54, 1.807) is 12.1 Å². The van der Waals surface area contributed by atoms with Crippen LogP contribution >= 0.6 is 0 Å². The average molecular weight is 366 g/mol. The molecule has 0 radical (unpaired) electrons. The quantitative estimate of drug-likeness (QED) is 0.480. The fraction of sp³-hybridized carbons (Fsp3) is 0.636. The van der Waals surface area contributed by atoms with E-state index < -0.39 is 6.36 Å². The number of allylic oxidation sites excluding steroid dienone is 1. The number of alkyl halides is 3. The lowest BCUT2D eigenvalue weighted by atomic mass is 9.74. The molecule has 0 bridgehead atoms. The Morgan fingerprint density at radius 2 is 1.81 bits per heavy atom. The number of hydrogen-bond donors (Lipinski definition) is 0. The van der Waals surface area contributed by atoms with E-state index in [9.17, 15) is 13.2 Å². The van der Waals surface area contributed by atoms with Gasteiger partial charge >= 0.3 is 6.36 Å². The van der Waals surface area contributed by atoms with Gasteiger partial charge in [0.25, 0.3) is 0 Å². The zero-order chi connectivity index (χ0) is 18.6. The van der Waals surface area contributed by atoms with Gasteiger partial charge in [-0.1, -0.05) is 50.3 Å². The molecular weight excluding hydrogens is 337 g/mol. The van der Waals surface area contributed by atoms with Gasteiger partial charge in [0.1, 0.15) is 5.75 Å². The van der Waals surface area contributed by atoms with Crippen molar-refractivity contribution in [1.82, 2.24) is 0 Å². The third-order valence-electron chi connectivity index (χ3n) is 5.96. The van der Waals surface area contributed by atoms with Gasteiger partial charge in [0.15, 0.2) is 0 Å². The number of ether oxygens (including phenoxy) is 1. The van der Waals surface area contributed by atoms with Crippen LogP contribution in [-0.4, -0.2) is 6.36 Å². The van der Waals surface area contributed by atoms with Crippen molar-refractivity contribution in [3.63, 3.8) is 0 Å². The van der Waals surface area contributed by atoms with Crippen LogP contribution in [0.25, 0.3) is 6.08 Å². The van der Waals surface area contributed by atoms with Crippen molar-refractivity contribution in [1.29, 1.82) is 0 Å². The second-order valence-electron chi connectivity index (χ2n) is 7.84. The third kappa shape index (κ3) is 5.28. The molecule has 1 aromatic carbocycles. The Hall–Kier alpha value is -1.45. The fourth-order valence-corrected chi connectivity index (χ4v) is 4.51. The van der Waals surface area contributed by atoms with Crippen LogP contribution in [0.2, 0.25) is 0 Å². The molecule has 0 aromatic heterocycles. The number of fused-ring (bicyclic) bond motifs is 1. The second kappa shape index (κ2) is 8.49. The topological polar surface area (TPSA) is 9.23 Å². The number of aryl methyl sites for hydroxylation is 1. The normalized spacial score (nSPS) is 23.3. The predicted molar refractivity (Wildman–Crippen MR) is 99.0 cm³/mol. The first kappa shape index (κ1) is 19.3. The number of halogens is 3. The molecule has 1 aromatic rings. The Kier molecular flexibility index (Phi) is 6.31. The van der Waals surface area contributed by atoms with Gasteiger partial charge in [-0.3, -0.25) is 0 Å². The van der Waals surface area contributed by atoms with Crippen LogP contribution in [0.1, 0.15) is 75.8 Å². The molecule has 3 rings (SSSR count). The molecule has 1 fully saturated rings. The molecular formula is C22H29F3O. The number of benzene rings is 1. The van der Waals surface area contributed by atoms with Gasteiger partial charge < -0.3 is 4.74 Å². The van der Waals surface area contributed by atoms with Crippen molar-refractivity contribution >= 4 is 6.08 Å². The van der Waals surface area contributed by atoms with E-state index in [2.05, 4.69) is 17.7 Å². The molecule has 1 saturated carbocycles. The number of hydrogen-bond acceptors (Lipinski definition) is 1. The first-order chi connectivity index (χ1) is 12.4. The summed E-state index contributed by atoms with van der Waals surface area (Å²) in [6.45, 7) is 2.25. The third-order valence-corrected chi connectivity index (χ3v) is 5.96. The zero-order valence-electron chi connectivity index (χ0n) is 15.6. The maximum absolute atomic E-state index is 12.4. The van der Waals surface area contributed by atoms with Crippen molar-refractivity contribution in [2.24, 2.45) is 11.8 Å². The second-order valence-corrected chi connectivity index (χ2v) is 7.84. The summed E-state index contributed by atoms with van der Waals surface area (Å²) >= 11 is 0. The molecule has 0 heterocycles. The highest BCUT2D eigenvalue weighted by molar-refractivity contribution is 5.61. The predicted octanol–water partition coefficient (Wildman–Crippen LogP) is 7.30.